The summed E-state index contributed by atoms with van der Waals surface area (Å²) in [5.74, 6) is 1.31. The Bertz CT molecular complexity index is 462. The SMILES string of the molecule is CCc1ccc(CNCc2noc(C)n2)cc1. The highest BCUT2D eigenvalue weighted by Gasteiger charge is 2.01. The summed E-state index contributed by atoms with van der Waals surface area (Å²) >= 11 is 0. The first-order chi connectivity index (χ1) is 8.28. The van der Waals surface area contributed by atoms with Gasteiger partial charge in [0, 0.05) is 13.5 Å². The number of rotatable bonds is 5. The smallest absolute Gasteiger partial charge is 0.223 e. The third kappa shape index (κ3) is 3.39. The highest BCUT2D eigenvalue weighted by molar-refractivity contribution is 5.22. The van der Waals surface area contributed by atoms with E-state index in [2.05, 4.69) is 46.6 Å². The van der Waals surface area contributed by atoms with Crippen LogP contribution in [0.4, 0.5) is 0 Å². The van der Waals surface area contributed by atoms with Crippen LogP contribution < -0.4 is 5.32 Å². The first kappa shape index (κ1) is 11.8. The summed E-state index contributed by atoms with van der Waals surface area (Å²) in [5.41, 5.74) is 2.63. The quantitative estimate of drug-likeness (QED) is 0.857. The van der Waals surface area contributed by atoms with E-state index in [1.807, 2.05) is 0 Å². The standard InChI is InChI=1S/C13H17N3O/c1-3-11-4-6-12(7-5-11)8-14-9-13-15-10(2)17-16-13/h4-7,14H,3,8-9H2,1-2H3. The molecule has 0 atom stereocenters. The van der Waals surface area contributed by atoms with Crippen LogP contribution in [0.5, 0.6) is 0 Å². The minimum Gasteiger partial charge on any atom is -0.340 e. The van der Waals surface area contributed by atoms with Gasteiger partial charge in [-0.1, -0.05) is 36.3 Å². The number of benzene rings is 1. The average Bonchev–Trinajstić information content (AvgIpc) is 2.76. The molecule has 0 fully saturated rings. The van der Waals surface area contributed by atoms with Crippen molar-refractivity contribution >= 4 is 0 Å². The van der Waals surface area contributed by atoms with Crippen LogP contribution >= 0.6 is 0 Å². The van der Waals surface area contributed by atoms with Crippen molar-refractivity contribution in [2.45, 2.75) is 33.4 Å². The molecule has 0 aliphatic heterocycles. The van der Waals surface area contributed by atoms with Crippen molar-refractivity contribution in [3.05, 3.63) is 47.1 Å². The lowest BCUT2D eigenvalue weighted by Crippen LogP contribution is -2.13. The Kier molecular flexibility index (Phi) is 3.88. The second kappa shape index (κ2) is 5.59. The van der Waals surface area contributed by atoms with Gasteiger partial charge in [-0.3, -0.25) is 0 Å². The predicted molar refractivity (Wildman–Crippen MR) is 65.4 cm³/mol. The van der Waals surface area contributed by atoms with Crippen molar-refractivity contribution in [2.75, 3.05) is 0 Å². The molecule has 90 valence electrons. The maximum Gasteiger partial charge on any atom is 0.223 e. The molecule has 4 nitrogen and oxygen atoms in total. The molecule has 0 spiro atoms. The van der Waals surface area contributed by atoms with Gasteiger partial charge in [0.15, 0.2) is 5.82 Å². The van der Waals surface area contributed by atoms with E-state index in [-0.39, 0.29) is 0 Å². The van der Waals surface area contributed by atoms with Crippen LogP contribution in [0.3, 0.4) is 0 Å². The number of nitrogens with one attached hydrogen (secondary N) is 1. The number of nitrogens with zero attached hydrogens (tertiary/aromatic N) is 2. The van der Waals surface area contributed by atoms with Crippen LogP contribution in [0.15, 0.2) is 28.8 Å². The predicted octanol–water partition coefficient (Wildman–Crippen LogP) is 2.23. The summed E-state index contributed by atoms with van der Waals surface area (Å²) in [6.45, 7) is 5.40. The second-order valence-electron chi connectivity index (χ2n) is 4.00. The van der Waals surface area contributed by atoms with Gasteiger partial charge in [-0.25, -0.2) is 0 Å². The van der Waals surface area contributed by atoms with Crippen molar-refractivity contribution < 1.29 is 4.52 Å². The fourth-order valence-corrected chi connectivity index (χ4v) is 1.62. The zero-order chi connectivity index (χ0) is 12.1. The summed E-state index contributed by atoms with van der Waals surface area (Å²) in [6.07, 6.45) is 1.08. The zero-order valence-corrected chi connectivity index (χ0v) is 10.2. The van der Waals surface area contributed by atoms with Gasteiger partial charge in [0.2, 0.25) is 5.89 Å². The third-order valence-electron chi connectivity index (χ3n) is 2.61. The normalized spacial score (nSPS) is 10.7. The Hall–Kier alpha value is -1.68. The molecule has 0 aliphatic carbocycles. The maximum absolute atomic E-state index is 4.90. The molecule has 1 N–H and O–H groups in total. The summed E-state index contributed by atoms with van der Waals surface area (Å²) in [4.78, 5) is 4.13. The molecule has 0 amide bonds. The minimum absolute atomic E-state index is 0.606. The molecule has 0 aliphatic rings. The first-order valence-corrected chi connectivity index (χ1v) is 5.85. The molecule has 0 unspecified atom stereocenters. The van der Waals surface area contributed by atoms with Crippen LogP contribution in [-0.4, -0.2) is 10.1 Å². The van der Waals surface area contributed by atoms with Crippen LogP contribution in [0.2, 0.25) is 0 Å². The molecule has 0 radical (unpaired) electrons. The highest BCUT2D eigenvalue weighted by atomic mass is 16.5. The lowest BCUT2D eigenvalue weighted by molar-refractivity contribution is 0.385. The van der Waals surface area contributed by atoms with Crippen LogP contribution in [0.25, 0.3) is 0 Å². The van der Waals surface area contributed by atoms with Crippen LogP contribution in [0, 0.1) is 6.92 Å². The van der Waals surface area contributed by atoms with E-state index < -0.39 is 0 Å². The maximum atomic E-state index is 4.90. The minimum atomic E-state index is 0.606. The van der Waals surface area contributed by atoms with Gasteiger partial charge in [-0.2, -0.15) is 4.98 Å². The molecule has 1 aromatic heterocycles. The molecule has 1 aromatic carbocycles. The molecule has 0 saturated heterocycles. The number of hydrogen-bond acceptors (Lipinski definition) is 4. The Morgan fingerprint density at radius 3 is 2.41 bits per heavy atom. The fourth-order valence-electron chi connectivity index (χ4n) is 1.62. The lowest BCUT2D eigenvalue weighted by Gasteiger charge is -2.03. The second-order valence-corrected chi connectivity index (χ2v) is 4.00. The van der Waals surface area contributed by atoms with Gasteiger partial charge in [-0.15, -0.1) is 0 Å². The summed E-state index contributed by atoms with van der Waals surface area (Å²) in [7, 11) is 0. The number of aromatic nitrogens is 2. The molecule has 0 bridgehead atoms. The molecule has 4 heteroatoms. The summed E-state index contributed by atoms with van der Waals surface area (Å²) in [5, 5.41) is 7.11. The van der Waals surface area contributed by atoms with Crippen molar-refractivity contribution in [3.8, 4) is 0 Å². The Morgan fingerprint density at radius 1 is 1.12 bits per heavy atom. The number of aryl methyl sites for hydroxylation is 2. The van der Waals surface area contributed by atoms with Crippen molar-refractivity contribution in [2.24, 2.45) is 0 Å². The summed E-state index contributed by atoms with van der Waals surface area (Å²) in [6, 6.07) is 8.62. The van der Waals surface area contributed by atoms with Gasteiger partial charge in [0.05, 0.1) is 6.54 Å². The molecule has 2 rings (SSSR count). The van der Waals surface area contributed by atoms with E-state index in [1.54, 1.807) is 6.92 Å². The third-order valence-corrected chi connectivity index (χ3v) is 2.61. The van der Waals surface area contributed by atoms with Gasteiger partial charge in [-0.05, 0) is 17.5 Å². The molecular formula is C13H17N3O. The lowest BCUT2D eigenvalue weighted by atomic mass is 10.1. The molecule has 1 heterocycles. The molecular weight excluding hydrogens is 214 g/mol. The van der Waals surface area contributed by atoms with Gasteiger partial charge in [0.25, 0.3) is 0 Å². The van der Waals surface area contributed by atoms with Gasteiger partial charge in [0.1, 0.15) is 0 Å². The Labute approximate surface area is 101 Å². The first-order valence-electron chi connectivity index (χ1n) is 5.85. The van der Waals surface area contributed by atoms with Crippen LogP contribution in [0.1, 0.15) is 29.8 Å². The van der Waals surface area contributed by atoms with Gasteiger partial charge < -0.3 is 9.84 Å². The van der Waals surface area contributed by atoms with Crippen molar-refractivity contribution in [3.63, 3.8) is 0 Å². The molecule has 0 saturated carbocycles. The van der Waals surface area contributed by atoms with E-state index >= 15 is 0 Å². The summed E-state index contributed by atoms with van der Waals surface area (Å²) < 4.78 is 4.90. The molecule has 17 heavy (non-hydrogen) atoms. The zero-order valence-electron chi connectivity index (χ0n) is 10.2. The topological polar surface area (TPSA) is 51.0 Å². The van der Waals surface area contributed by atoms with E-state index in [1.165, 1.54) is 11.1 Å². The largest absolute Gasteiger partial charge is 0.340 e. The van der Waals surface area contributed by atoms with E-state index in [0.29, 0.717) is 18.3 Å². The van der Waals surface area contributed by atoms with Crippen molar-refractivity contribution in [1.29, 1.82) is 0 Å². The monoisotopic (exact) mass is 231 g/mol. The van der Waals surface area contributed by atoms with E-state index in [0.717, 1.165) is 13.0 Å². The molecule has 2 aromatic rings. The highest BCUT2D eigenvalue weighted by Crippen LogP contribution is 2.05. The van der Waals surface area contributed by atoms with Crippen LogP contribution in [-0.2, 0) is 19.5 Å². The fraction of sp³-hybridized carbons (Fsp3) is 0.385. The Balaban J connectivity index is 1.81. The average molecular weight is 231 g/mol. The van der Waals surface area contributed by atoms with Gasteiger partial charge >= 0.3 is 0 Å². The van der Waals surface area contributed by atoms with E-state index in [4.69, 9.17) is 4.52 Å². The van der Waals surface area contributed by atoms with Crippen molar-refractivity contribution in [1.82, 2.24) is 15.5 Å². The van der Waals surface area contributed by atoms with E-state index in [9.17, 15) is 0 Å². The number of hydrogen-bond donors (Lipinski definition) is 1. The Morgan fingerprint density at radius 2 is 1.82 bits per heavy atom.